The first-order valence-electron chi connectivity index (χ1n) is 10.7. The molecule has 0 bridgehead atoms. The molecule has 1 saturated carbocycles. The van der Waals surface area contributed by atoms with Crippen LogP contribution in [-0.4, -0.2) is 62.1 Å². The molecule has 2 aliphatic rings. The topological polar surface area (TPSA) is 80.3 Å². The van der Waals surface area contributed by atoms with Crippen molar-refractivity contribution < 1.29 is 9.21 Å². The average Bonchev–Trinajstić information content (AvgIpc) is 3.57. The van der Waals surface area contributed by atoms with Crippen molar-refractivity contribution in [2.45, 2.75) is 37.8 Å². The van der Waals surface area contributed by atoms with Crippen molar-refractivity contribution in [3.63, 3.8) is 0 Å². The number of carbonyl (C=O) groups is 1. The number of amides is 1. The second-order valence-corrected chi connectivity index (χ2v) is 8.04. The molecular formula is C22H26N6O2. The molecule has 5 rings (SSSR count). The highest BCUT2D eigenvalue weighted by Gasteiger charge is 2.34. The van der Waals surface area contributed by atoms with Crippen molar-refractivity contribution in [1.82, 2.24) is 30.0 Å². The van der Waals surface area contributed by atoms with Crippen LogP contribution in [0.15, 0.2) is 53.1 Å². The first kappa shape index (κ1) is 19.0. The van der Waals surface area contributed by atoms with E-state index in [4.69, 9.17) is 4.42 Å². The van der Waals surface area contributed by atoms with Gasteiger partial charge in [0.05, 0.1) is 18.3 Å². The molecular weight excluding hydrogens is 380 g/mol. The predicted molar refractivity (Wildman–Crippen MR) is 110 cm³/mol. The summed E-state index contributed by atoms with van der Waals surface area (Å²) in [4.78, 5) is 16.9. The number of hydrogen-bond acceptors (Lipinski definition) is 6. The second kappa shape index (κ2) is 8.39. The van der Waals surface area contributed by atoms with Gasteiger partial charge in [-0.2, -0.15) is 0 Å². The Balaban J connectivity index is 1.39. The third-order valence-corrected chi connectivity index (χ3v) is 6.25. The molecule has 0 spiro atoms. The highest BCUT2D eigenvalue weighted by atomic mass is 16.3. The monoisotopic (exact) mass is 406 g/mol. The van der Waals surface area contributed by atoms with Crippen molar-refractivity contribution in [3.8, 4) is 0 Å². The summed E-state index contributed by atoms with van der Waals surface area (Å²) in [6.45, 7) is 2.80. The lowest BCUT2D eigenvalue weighted by molar-refractivity contribution is 0.0558. The van der Waals surface area contributed by atoms with Crippen molar-refractivity contribution in [1.29, 1.82) is 0 Å². The second-order valence-electron chi connectivity index (χ2n) is 8.04. The lowest BCUT2D eigenvalue weighted by Gasteiger charge is -2.38. The summed E-state index contributed by atoms with van der Waals surface area (Å²) in [7, 11) is 0. The van der Waals surface area contributed by atoms with E-state index in [0.717, 1.165) is 31.8 Å². The molecule has 3 heterocycles. The van der Waals surface area contributed by atoms with E-state index in [1.807, 2.05) is 15.6 Å². The molecule has 8 heteroatoms. The molecule has 0 radical (unpaired) electrons. The molecule has 1 amide bonds. The average molecular weight is 406 g/mol. The summed E-state index contributed by atoms with van der Waals surface area (Å²) < 4.78 is 7.34. The summed E-state index contributed by atoms with van der Waals surface area (Å²) in [6.07, 6.45) is 6.26. The van der Waals surface area contributed by atoms with Crippen LogP contribution in [0.5, 0.6) is 0 Å². The summed E-state index contributed by atoms with van der Waals surface area (Å²) in [5.41, 5.74) is 1.18. The molecule has 1 aromatic carbocycles. The van der Waals surface area contributed by atoms with Crippen LogP contribution in [0.1, 0.15) is 59.7 Å². The van der Waals surface area contributed by atoms with Crippen LogP contribution in [0.2, 0.25) is 0 Å². The molecule has 3 aromatic rings. The first-order chi connectivity index (χ1) is 14.8. The third kappa shape index (κ3) is 3.63. The van der Waals surface area contributed by atoms with Gasteiger partial charge in [-0.1, -0.05) is 43.2 Å². The van der Waals surface area contributed by atoms with Gasteiger partial charge < -0.3 is 9.32 Å². The highest BCUT2D eigenvalue weighted by Crippen LogP contribution is 2.34. The summed E-state index contributed by atoms with van der Waals surface area (Å²) in [6, 6.07) is 14.2. The predicted octanol–water partition coefficient (Wildman–Crippen LogP) is 2.93. The van der Waals surface area contributed by atoms with Gasteiger partial charge in [-0.25, -0.2) is 4.68 Å². The largest absolute Gasteiger partial charge is 0.459 e. The van der Waals surface area contributed by atoms with E-state index in [0.29, 0.717) is 24.9 Å². The third-order valence-electron chi connectivity index (χ3n) is 6.25. The molecule has 1 aliphatic heterocycles. The molecule has 1 unspecified atom stereocenters. The minimum absolute atomic E-state index is 0.0253. The Morgan fingerprint density at radius 1 is 1.00 bits per heavy atom. The Morgan fingerprint density at radius 3 is 2.47 bits per heavy atom. The SMILES string of the molecule is O=C(c1ccco1)N1CCN(C(c2ccccc2)c2nnnn2C2CCCC2)CC1. The van der Waals surface area contributed by atoms with Crippen molar-refractivity contribution in [2.24, 2.45) is 0 Å². The van der Waals surface area contributed by atoms with Crippen LogP contribution < -0.4 is 0 Å². The van der Waals surface area contributed by atoms with Crippen molar-refractivity contribution in [3.05, 3.63) is 65.9 Å². The van der Waals surface area contributed by atoms with Crippen LogP contribution in [0.25, 0.3) is 0 Å². The fourth-order valence-electron chi connectivity index (χ4n) is 4.69. The molecule has 30 heavy (non-hydrogen) atoms. The van der Waals surface area contributed by atoms with Gasteiger partial charge in [-0.15, -0.1) is 5.10 Å². The number of furan rings is 1. The summed E-state index contributed by atoms with van der Waals surface area (Å²) in [5.74, 6) is 1.25. The maximum absolute atomic E-state index is 12.6. The van der Waals surface area contributed by atoms with Crippen LogP contribution in [0.3, 0.4) is 0 Å². The van der Waals surface area contributed by atoms with Gasteiger partial charge in [0.25, 0.3) is 5.91 Å². The number of rotatable bonds is 5. The molecule has 1 aliphatic carbocycles. The molecule has 2 aromatic heterocycles. The van der Waals surface area contributed by atoms with Crippen LogP contribution in [-0.2, 0) is 0 Å². The van der Waals surface area contributed by atoms with E-state index in [9.17, 15) is 4.79 Å². The smallest absolute Gasteiger partial charge is 0.289 e. The molecule has 2 fully saturated rings. The zero-order chi connectivity index (χ0) is 20.3. The van der Waals surface area contributed by atoms with Crippen LogP contribution in [0, 0.1) is 0 Å². The lowest BCUT2D eigenvalue weighted by Crippen LogP contribution is -2.50. The Labute approximate surface area is 175 Å². The van der Waals surface area contributed by atoms with Gasteiger partial charge in [-0.05, 0) is 41.0 Å². The molecule has 1 saturated heterocycles. The highest BCUT2D eigenvalue weighted by molar-refractivity contribution is 5.91. The Hall–Kier alpha value is -3.00. The number of nitrogens with zero attached hydrogens (tertiary/aromatic N) is 6. The molecule has 1 atom stereocenters. The van der Waals surface area contributed by atoms with Crippen LogP contribution >= 0.6 is 0 Å². The summed E-state index contributed by atoms with van der Waals surface area (Å²) >= 11 is 0. The number of benzene rings is 1. The fourth-order valence-corrected chi connectivity index (χ4v) is 4.69. The fraction of sp³-hybridized carbons (Fsp3) is 0.455. The number of piperazine rings is 1. The van der Waals surface area contributed by atoms with Gasteiger partial charge >= 0.3 is 0 Å². The Kier molecular flexibility index (Phi) is 5.31. The van der Waals surface area contributed by atoms with Crippen molar-refractivity contribution in [2.75, 3.05) is 26.2 Å². The van der Waals surface area contributed by atoms with Gasteiger partial charge in [0.2, 0.25) is 0 Å². The van der Waals surface area contributed by atoms with Gasteiger partial charge in [0.15, 0.2) is 11.6 Å². The van der Waals surface area contributed by atoms with E-state index in [1.165, 1.54) is 24.7 Å². The number of tetrazole rings is 1. The zero-order valence-electron chi connectivity index (χ0n) is 16.9. The zero-order valence-corrected chi connectivity index (χ0v) is 16.9. The summed E-state index contributed by atoms with van der Waals surface area (Å²) in [5, 5.41) is 12.9. The van der Waals surface area contributed by atoms with Gasteiger partial charge in [-0.3, -0.25) is 9.69 Å². The number of aromatic nitrogens is 4. The van der Waals surface area contributed by atoms with E-state index >= 15 is 0 Å². The van der Waals surface area contributed by atoms with E-state index < -0.39 is 0 Å². The maximum atomic E-state index is 12.6. The minimum Gasteiger partial charge on any atom is -0.459 e. The number of carbonyl (C=O) groups excluding carboxylic acids is 1. The van der Waals surface area contributed by atoms with Crippen molar-refractivity contribution >= 4 is 5.91 Å². The van der Waals surface area contributed by atoms with Gasteiger partial charge in [0, 0.05) is 26.2 Å². The van der Waals surface area contributed by atoms with E-state index in [2.05, 4.69) is 44.7 Å². The molecule has 0 N–H and O–H groups in total. The lowest BCUT2D eigenvalue weighted by atomic mass is 10.0. The van der Waals surface area contributed by atoms with Gasteiger partial charge in [0.1, 0.15) is 0 Å². The Morgan fingerprint density at radius 2 is 1.77 bits per heavy atom. The first-order valence-corrected chi connectivity index (χ1v) is 10.7. The minimum atomic E-state index is -0.0494. The Bertz CT molecular complexity index is 957. The molecule has 8 nitrogen and oxygen atoms in total. The van der Waals surface area contributed by atoms with E-state index in [1.54, 1.807) is 12.1 Å². The normalized spacial score (nSPS) is 19.3. The number of hydrogen-bond donors (Lipinski definition) is 0. The maximum Gasteiger partial charge on any atom is 0.289 e. The standard InChI is InChI=1S/C22H26N6O2/c29-22(19-11-6-16-30-19)27-14-12-26(13-15-27)20(17-7-2-1-3-8-17)21-23-24-25-28(21)18-9-4-5-10-18/h1-3,6-8,11,16,18,20H,4-5,9-10,12-15H2. The van der Waals surface area contributed by atoms with Crippen LogP contribution in [0.4, 0.5) is 0 Å². The molecule has 156 valence electrons. The quantitative estimate of drug-likeness (QED) is 0.648. The van der Waals surface area contributed by atoms with E-state index in [-0.39, 0.29) is 11.9 Å².